The molecule has 0 bridgehead atoms. The summed E-state index contributed by atoms with van der Waals surface area (Å²) in [5.41, 5.74) is 1.08. The first-order valence-corrected chi connectivity index (χ1v) is 8.76. The van der Waals surface area contributed by atoms with E-state index in [0.29, 0.717) is 18.6 Å². The predicted octanol–water partition coefficient (Wildman–Crippen LogP) is 3.66. The normalized spacial score (nSPS) is 11.6. The molecule has 0 spiro atoms. The third-order valence-corrected chi connectivity index (χ3v) is 4.87. The molecular formula is C16H31N3OS. The van der Waals surface area contributed by atoms with Gasteiger partial charge in [-0.15, -0.1) is 11.3 Å². The van der Waals surface area contributed by atoms with Crippen molar-refractivity contribution in [2.24, 2.45) is 5.92 Å². The van der Waals surface area contributed by atoms with Gasteiger partial charge >= 0.3 is 0 Å². The fraction of sp³-hybridized carbons (Fsp3) is 0.812. The zero-order valence-corrected chi connectivity index (χ0v) is 15.2. The van der Waals surface area contributed by atoms with E-state index in [1.54, 1.807) is 18.4 Å². The van der Waals surface area contributed by atoms with Gasteiger partial charge in [0.1, 0.15) is 0 Å². The van der Waals surface area contributed by atoms with Crippen LogP contribution in [0.1, 0.15) is 51.1 Å². The van der Waals surface area contributed by atoms with Crippen molar-refractivity contribution in [3.8, 4) is 0 Å². The molecule has 0 unspecified atom stereocenters. The van der Waals surface area contributed by atoms with E-state index >= 15 is 0 Å². The third kappa shape index (κ3) is 5.57. The quantitative estimate of drug-likeness (QED) is 0.715. The number of ether oxygens (including phenoxy) is 1. The molecule has 0 saturated carbocycles. The summed E-state index contributed by atoms with van der Waals surface area (Å²) in [6, 6.07) is 0.558. The molecule has 122 valence electrons. The van der Waals surface area contributed by atoms with Crippen molar-refractivity contribution < 1.29 is 4.74 Å². The van der Waals surface area contributed by atoms with Gasteiger partial charge in [-0.3, -0.25) is 0 Å². The molecule has 1 aromatic rings. The summed E-state index contributed by atoms with van der Waals surface area (Å²) in [5.74, 6) is 0.663. The Morgan fingerprint density at radius 3 is 2.48 bits per heavy atom. The molecule has 0 amide bonds. The minimum absolute atomic E-state index is 0.558. The average molecular weight is 314 g/mol. The van der Waals surface area contributed by atoms with Crippen molar-refractivity contribution in [3.05, 3.63) is 10.6 Å². The van der Waals surface area contributed by atoms with Crippen LogP contribution in [0.5, 0.6) is 0 Å². The first-order chi connectivity index (χ1) is 10.0. The van der Waals surface area contributed by atoms with Crippen LogP contribution in [0.25, 0.3) is 0 Å². The van der Waals surface area contributed by atoms with Crippen LogP contribution in [-0.4, -0.2) is 31.7 Å². The van der Waals surface area contributed by atoms with Gasteiger partial charge in [0.05, 0.1) is 12.3 Å². The van der Waals surface area contributed by atoms with Gasteiger partial charge < -0.3 is 15.0 Å². The van der Waals surface area contributed by atoms with E-state index in [-0.39, 0.29) is 0 Å². The Hall–Kier alpha value is -0.650. The molecule has 1 aromatic heterocycles. The van der Waals surface area contributed by atoms with E-state index < -0.39 is 0 Å². The first-order valence-electron chi connectivity index (χ1n) is 7.94. The fourth-order valence-electron chi connectivity index (χ4n) is 2.38. The van der Waals surface area contributed by atoms with Gasteiger partial charge in [0, 0.05) is 31.6 Å². The molecule has 0 aromatic carbocycles. The van der Waals surface area contributed by atoms with Crippen LogP contribution in [-0.2, 0) is 17.9 Å². The molecule has 0 aliphatic rings. The SMILES string of the molecule is CCC(CC)N(C)c1nc(COC)c(CNCC(C)C)s1. The van der Waals surface area contributed by atoms with E-state index in [1.165, 1.54) is 4.88 Å². The Morgan fingerprint density at radius 2 is 1.95 bits per heavy atom. The monoisotopic (exact) mass is 313 g/mol. The molecule has 0 saturated heterocycles. The minimum Gasteiger partial charge on any atom is -0.378 e. The lowest BCUT2D eigenvalue weighted by molar-refractivity contribution is 0.181. The van der Waals surface area contributed by atoms with Gasteiger partial charge in [-0.25, -0.2) is 4.98 Å². The van der Waals surface area contributed by atoms with Crippen LogP contribution >= 0.6 is 11.3 Å². The van der Waals surface area contributed by atoms with Gasteiger partial charge in [0.15, 0.2) is 5.13 Å². The maximum Gasteiger partial charge on any atom is 0.185 e. The minimum atomic E-state index is 0.558. The van der Waals surface area contributed by atoms with Gasteiger partial charge in [-0.05, 0) is 25.3 Å². The Kier molecular flexibility index (Phi) is 8.22. The summed E-state index contributed by atoms with van der Waals surface area (Å²) in [5, 5.41) is 4.61. The van der Waals surface area contributed by atoms with Crippen molar-refractivity contribution in [1.82, 2.24) is 10.3 Å². The molecule has 0 aliphatic heterocycles. The number of nitrogens with one attached hydrogen (secondary N) is 1. The van der Waals surface area contributed by atoms with Crippen molar-refractivity contribution in [2.45, 2.75) is 59.7 Å². The Balaban J connectivity index is 2.82. The van der Waals surface area contributed by atoms with E-state index in [2.05, 4.69) is 45.0 Å². The van der Waals surface area contributed by atoms with Crippen molar-refractivity contribution in [3.63, 3.8) is 0 Å². The number of rotatable bonds is 10. The van der Waals surface area contributed by atoms with Gasteiger partial charge in [0.25, 0.3) is 0 Å². The van der Waals surface area contributed by atoms with Gasteiger partial charge in [0.2, 0.25) is 0 Å². The molecule has 0 radical (unpaired) electrons. The summed E-state index contributed by atoms with van der Waals surface area (Å²) in [7, 11) is 3.88. The van der Waals surface area contributed by atoms with Crippen LogP contribution in [0.3, 0.4) is 0 Å². The summed E-state index contributed by atoms with van der Waals surface area (Å²) in [6.45, 7) is 11.4. The molecule has 1 N–H and O–H groups in total. The van der Waals surface area contributed by atoms with Crippen molar-refractivity contribution in [2.75, 3.05) is 25.6 Å². The molecular weight excluding hydrogens is 282 g/mol. The lowest BCUT2D eigenvalue weighted by Crippen LogP contribution is -2.30. The lowest BCUT2D eigenvalue weighted by atomic mass is 10.1. The highest BCUT2D eigenvalue weighted by atomic mass is 32.1. The van der Waals surface area contributed by atoms with Gasteiger partial charge in [-0.2, -0.15) is 0 Å². The second-order valence-corrected chi connectivity index (χ2v) is 6.97. The number of methoxy groups -OCH3 is 1. The van der Waals surface area contributed by atoms with Crippen molar-refractivity contribution >= 4 is 16.5 Å². The summed E-state index contributed by atoms with van der Waals surface area (Å²) in [4.78, 5) is 8.41. The second-order valence-electron chi connectivity index (χ2n) is 5.91. The summed E-state index contributed by atoms with van der Waals surface area (Å²) < 4.78 is 5.30. The molecule has 0 atom stereocenters. The molecule has 1 rings (SSSR count). The van der Waals surface area contributed by atoms with Crippen LogP contribution < -0.4 is 10.2 Å². The molecule has 4 nitrogen and oxygen atoms in total. The molecule has 1 heterocycles. The Bertz CT molecular complexity index is 402. The summed E-state index contributed by atoms with van der Waals surface area (Å²) >= 11 is 1.79. The highest BCUT2D eigenvalue weighted by Crippen LogP contribution is 2.28. The van der Waals surface area contributed by atoms with E-state index in [9.17, 15) is 0 Å². The van der Waals surface area contributed by atoms with E-state index in [1.807, 2.05) is 0 Å². The number of nitrogens with zero attached hydrogens (tertiary/aromatic N) is 2. The predicted molar refractivity (Wildman–Crippen MR) is 92.1 cm³/mol. The highest BCUT2D eigenvalue weighted by Gasteiger charge is 2.18. The lowest BCUT2D eigenvalue weighted by Gasteiger charge is -2.25. The van der Waals surface area contributed by atoms with Crippen LogP contribution in [0.4, 0.5) is 5.13 Å². The number of thiazole rings is 1. The highest BCUT2D eigenvalue weighted by molar-refractivity contribution is 7.15. The molecule has 5 heteroatoms. The standard InChI is InChI=1S/C16H31N3OS/c1-7-13(8-2)19(5)16-18-14(11-20-6)15(21-16)10-17-9-12(3)4/h12-13,17H,7-11H2,1-6H3. The van der Waals surface area contributed by atoms with Gasteiger partial charge in [-0.1, -0.05) is 27.7 Å². The molecule has 0 aliphatic carbocycles. The number of hydrogen-bond acceptors (Lipinski definition) is 5. The van der Waals surface area contributed by atoms with E-state index in [0.717, 1.165) is 36.8 Å². The van der Waals surface area contributed by atoms with Crippen molar-refractivity contribution in [1.29, 1.82) is 0 Å². The Labute approximate surface area is 133 Å². The van der Waals surface area contributed by atoms with E-state index in [4.69, 9.17) is 9.72 Å². The zero-order valence-electron chi connectivity index (χ0n) is 14.4. The first kappa shape index (κ1) is 18.4. The zero-order chi connectivity index (χ0) is 15.8. The van der Waals surface area contributed by atoms with Crippen LogP contribution in [0.2, 0.25) is 0 Å². The number of aromatic nitrogens is 1. The number of hydrogen-bond donors (Lipinski definition) is 1. The average Bonchev–Trinajstić information content (AvgIpc) is 2.83. The van der Waals surface area contributed by atoms with Crippen LogP contribution in [0.15, 0.2) is 0 Å². The molecule has 0 fully saturated rings. The maximum atomic E-state index is 5.30. The maximum absolute atomic E-state index is 5.30. The largest absolute Gasteiger partial charge is 0.378 e. The smallest absolute Gasteiger partial charge is 0.185 e. The second kappa shape index (κ2) is 9.38. The molecule has 21 heavy (non-hydrogen) atoms. The summed E-state index contributed by atoms with van der Waals surface area (Å²) in [6.07, 6.45) is 2.29. The Morgan fingerprint density at radius 1 is 1.29 bits per heavy atom. The number of anilines is 1. The third-order valence-electron chi connectivity index (χ3n) is 3.68. The fourth-order valence-corrected chi connectivity index (χ4v) is 3.44. The topological polar surface area (TPSA) is 37.4 Å². The van der Waals surface area contributed by atoms with Crippen LogP contribution in [0, 0.1) is 5.92 Å².